The molecule has 0 bridgehead atoms. The third-order valence-electron chi connectivity index (χ3n) is 2.79. The van der Waals surface area contributed by atoms with Gasteiger partial charge in [-0.2, -0.15) is 0 Å². The van der Waals surface area contributed by atoms with Crippen molar-refractivity contribution in [3.8, 4) is 0 Å². The molecule has 0 aromatic rings. The maximum Gasteiger partial charge on any atom is 0.0623 e. The third kappa shape index (κ3) is 3.56. The fraction of sp³-hybridized carbons (Fsp3) is 1.00. The second kappa shape index (κ2) is 5.69. The molecule has 14 heavy (non-hydrogen) atoms. The van der Waals surface area contributed by atoms with Crippen molar-refractivity contribution >= 4 is 0 Å². The lowest BCUT2D eigenvalue weighted by Crippen LogP contribution is -2.39. The summed E-state index contributed by atoms with van der Waals surface area (Å²) >= 11 is 0. The van der Waals surface area contributed by atoms with Crippen molar-refractivity contribution in [1.29, 1.82) is 0 Å². The van der Waals surface area contributed by atoms with E-state index < -0.39 is 0 Å². The molecule has 1 aliphatic rings. The highest BCUT2D eigenvalue weighted by atomic mass is 16.5. The van der Waals surface area contributed by atoms with E-state index in [1.165, 1.54) is 6.54 Å². The summed E-state index contributed by atoms with van der Waals surface area (Å²) in [6.07, 6.45) is 0. The Morgan fingerprint density at radius 2 is 2.14 bits per heavy atom. The van der Waals surface area contributed by atoms with Gasteiger partial charge < -0.3 is 15.0 Å². The Morgan fingerprint density at radius 1 is 1.43 bits per heavy atom. The molecule has 1 fully saturated rings. The molecule has 0 aliphatic carbocycles. The van der Waals surface area contributed by atoms with Crippen molar-refractivity contribution in [2.45, 2.75) is 19.9 Å². The van der Waals surface area contributed by atoms with Gasteiger partial charge in [-0.25, -0.2) is 0 Å². The molecular formula is C11H24N2O. The van der Waals surface area contributed by atoms with E-state index >= 15 is 0 Å². The Labute approximate surface area is 87.8 Å². The van der Waals surface area contributed by atoms with Crippen LogP contribution in [0.3, 0.4) is 0 Å². The van der Waals surface area contributed by atoms with E-state index in [1.54, 1.807) is 0 Å². The van der Waals surface area contributed by atoms with Gasteiger partial charge in [0.15, 0.2) is 0 Å². The van der Waals surface area contributed by atoms with Crippen molar-refractivity contribution in [2.24, 2.45) is 11.8 Å². The fourth-order valence-corrected chi connectivity index (χ4v) is 2.20. The average Bonchev–Trinajstić information content (AvgIpc) is 2.50. The molecule has 1 saturated heterocycles. The molecule has 0 amide bonds. The second-order valence-corrected chi connectivity index (χ2v) is 4.81. The van der Waals surface area contributed by atoms with Crippen LogP contribution in [0, 0.1) is 11.8 Å². The lowest BCUT2D eigenvalue weighted by molar-refractivity contribution is 0.171. The van der Waals surface area contributed by atoms with Crippen molar-refractivity contribution in [1.82, 2.24) is 10.2 Å². The molecule has 1 aliphatic heterocycles. The fourth-order valence-electron chi connectivity index (χ4n) is 2.20. The largest absolute Gasteiger partial charge is 0.379 e. The molecule has 2 atom stereocenters. The minimum atomic E-state index is 0.546. The third-order valence-corrected chi connectivity index (χ3v) is 2.79. The molecular weight excluding hydrogens is 176 g/mol. The van der Waals surface area contributed by atoms with Crippen molar-refractivity contribution < 1.29 is 4.74 Å². The zero-order valence-corrected chi connectivity index (χ0v) is 9.92. The summed E-state index contributed by atoms with van der Waals surface area (Å²) in [5.74, 6) is 1.40. The lowest BCUT2D eigenvalue weighted by Gasteiger charge is -2.25. The van der Waals surface area contributed by atoms with Gasteiger partial charge in [0.05, 0.1) is 13.2 Å². The van der Waals surface area contributed by atoms with E-state index in [-0.39, 0.29) is 0 Å². The summed E-state index contributed by atoms with van der Waals surface area (Å²) < 4.78 is 5.48. The Balaban J connectivity index is 2.28. The van der Waals surface area contributed by atoms with E-state index in [9.17, 15) is 0 Å². The van der Waals surface area contributed by atoms with Crippen LogP contribution in [0.5, 0.6) is 0 Å². The first-order chi connectivity index (χ1) is 6.63. The Kier molecular flexibility index (Phi) is 4.85. The number of likely N-dealkylation sites (N-methyl/N-ethyl adjacent to an activating group) is 1. The number of nitrogens with zero attached hydrogens (tertiary/aromatic N) is 1. The van der Waals surface area contributed by atoms with Crippen molar-refractivity contribution in [3.63, 3.8) is 0 Å². The first kappa shape index (κ1) is 12.0. The van der Waals surface area contributed by atoms with Gasteiger partial charge in [0, 0.05) is 25.0 Å². The topological polar surface area (TPSA) is 24.5 Å². The number of ether oxygens (including phenoxy) is 1. The minimum absolute atomic E-state index is 0.546. The molecule has 0 aromatic heterocycles. The number of hydrogen-bond acceptors (Lipinski definition) is 3. The van der Waals surface area contributed by atoms with Crippen LogP contribution in [0.25, 0.3) is 0 Å². The van der Waals surface area contributed by atoms with Crippen LogP contribution in [-0.4, -0.2) is 51.3 Å². The van der Waals surface area contributed by atoms with E-state index in [1.807, 2.05) is 7.05 Å². The van der Waals surface area contributed by atoms with E-state index in [0.717, 1.165) is 25.7 Å². The Hall–Kier alpha value is -0.120. The molecule has 0 spiro atoms. The highest BCUT2D eigenvalue weighted by Gasteiger charge is 2.27. The highest BCUT2D eigenvalue weighted by molar-refractivity contribution is 4.82. The summed E-state index contributed by atoms with van der Waals surface area (Å²) in [5, 5.41) is 3.32. The summed E-state index contributed by atoms with van der Waals surface area (Å²) in [4.78, 5) is 2.41. The zero-order chi connectivity index (χ0) is 10.6. The SMILES string of the molecule is CNC1COCC1CN(C)CC(C)C. The first-order valence-electron chi connectivity index (χ1n) is 5.57. The van der Waals surface area contributed by atoms with Crippen LogP contribution in [0.4, 0.5) is 0 Å². The van der Waals surface area contributed by atoms with E-state index in [0.29, 0.717) is 12.0 Å². The molecule has 1 N–H and O–H groups in total. The summed E-state index contributed by atoms with van der Waals surface area (Å²) in [6.45, 7) is 8.62. The predicted molar refractivity (Wildman–Crippen MR) is 59.5 cm³/mol. The highest BCUT2D eigenvalue weighted by Crippen LogP contribution is 2.14. The summed E-state index contributed by atoms with van der Waals surface area (Å²) in [7, 11) is 4.22. The summed E-state index contributed by atoms with van der Waals surface area (Å²) in [6, 6.07) is 0.546. The molecule has 0 saturated carbocycles. The molecule has 1 rings (SSSR count). The molecule has 3 heteroatoms. The molecule has 1 heterocycles. The maximum absolute atomic E-state index is 5.48. The lowest BCUT2D eigenvalue weighted by atomic mass is 10.0. The van der Waals surface area contributed by atoms with Gasteiger partial charge in [0.2, 0.25) is 0 Å². The van der Waals surface area contributed by atoms with Crippen molar-refractivity contribution in [3.05, 3.63) is 0 Å². The molecule has 2 unspecified atom stereocenters. The predicted octanol–water partition coefficient (Wildman–Crippen LogP) is 0.809. The second-order valence-electron chi connectivity index (χ2n) is 4.81. The normalized spacial score (nSPS) is 27.9. The van der Waals surface area contributed by atoms with Crippen LogP contribution >= 0.6 is 0 Å². The monoisotopic (exact) mass is 200 g/mol. The first-order valence-corrected chi connectivity index (χ1v) is 5.57. The van der Waals surface area contributed by atoms with Gasteiger partial charge in [-0.1, -0.05) is 13.8 Å². The van der Waals surface area contributed by atoms with Crippen LogP contribution in [0.1, 0.15) is 13.8 Å². The summed E-state index contributed by atoms with van der Waals surface area (Å²) in [5.41, 5.74) is 0. The average molecular weight is 200 g/mol. The van der Waals surface area contributed by atoms with Gasteiger partial charge in [-0.3, -0.25) is 0 Å². The van der Waals surface area contributed by atoms with Crippen LogP contribution < -0.4 is 5.32 Å². The molecule has 0 radical (unpaired) electrons. The van der Waals surface area contributed by atoms with E-state index in [2.05, 4.69) is 31.1 Å². The Bertz CT molecular complexity index is 161. The van der Waals surface area contributed by atoms with Crippen LogP contribution in [0.2, 0.25) is 0 Å². The molecule has 84 valence electrons. The molecule has 3 nitrogen and oxygen atoms in total. The number of hydrogen-bond donors (Lipinski definition) is 1. The number of nitrogens with one attached hydrogen (secondary N) is 1. The Morgan fingerprint density at radius 3 is 2.71 bits per heavy atom. The van der Waals surface area contributed by atoms with Crippen molar-refractivity contribution in [2.75, 3.05) is 40.4 Å². The van der Waals surface area contributed by atoms with Gasteiger partial charge in [-0.15, -0.1) is 0 Å². The number of rotatable bonds is 5. The zero-order valence-electron chi connectivity index (χ0n) is 9.92. The van der Waals surface area contributed by atoms with Gasteiger partial charge in [0.25, 0.3) is 0 Å². The smallest absolute Gasteiger partial charge is 0.0623 e. The van der Waals surface area contributed by atoms with Crippen LogP contribution in [0.15, 0.2) is 0 Å². The quantitative estimate of drug-likeness (QED) is 0.711. The molecule has 0 aromatic carbocycles. The van der Waals surface area contributed by atoms with Gasteiger partial charge in [-0.05, 0) is 20.0 Å². The minimum Gasteiger partial charge on any atom is -0.379 e. The maximum atomic E-state index is 5.48. The van der Waals surface area contributed by atoms with E-state index in [4.69, 9.17) is 4.74 Å². The van der Waals surface area contributed by atoms with Gasteiger partial charge in [0.1, 0.15) is 0 Å². The standard InChI is InChI=1S/C11H24N2O/c1-9(2)5-13(4)6-10-7-14-8-11(10)12-3/h9-12H,5-8H2,1-4H3. The van der Waals surface area contributed by atoms with Crippen LogP contribution in [-0.2, 0) is 4.74 Å². The van der Waals surface area contributed by atoms with Gasteiger partial charge >= 0.3 is 0 Å².